The summed E-state index contributed by atoms with van der Waals surface area (Å²) in [5.74, 6) is 0. The Balaban J connectivity index is 1.88. The van der Waals surface area contributed by atoms with Crippen molar-refractivity contribution in [3.05, 3.63) is 18.0 Å². The highest BCUT2D eigenvalue weighted by atomic mass is 79.9. The fraction of sp³-hybridized carbons (Fsp3) is 0.769. The van der Waals surface area contributed by atoms with Crippen LogP contribution in [0.4, 0.5) is 0 Å². The first-order chi connectivity index (χ1) is 8.19. The Morgan fingerprint density at radius 3 is 2.82 bits per heavy atom. The number of hydrogen-bond acceptors (Lipinski definition) is 2. The van der Waals surface area contributed by atoms with E-state index in [2.05, 4.69) is 56.7 Å². The summed E-state index contributed by atoms with van der Waals surface area (Å²) in [6.45, 7) is 7.79. The molecule has 1 saturated heterocycles. The number of halogens is 1. The van der Waals surface area contributed by atoms with Crippen molar-refractivity contribution in [2.75, 3.05) is 13.1 Å². The standard InChI is InChI=1S/C13H22BrN3/c1-3-11(2)17-9-6-13(15-17)10-16-7-4-12(14)5-8-16/h6,9,11-12H,3-5,7-8,10H2,1-2H3. The van der Waals surface area contributed by atoms with Crippen molar-refractivity contribution in [2.45, 2.75) is 50.5 Å². The monoisotopic (exact) mass is 299 g/mol. The molecule has 4 heteroatoms. The number of rotatable bonds is 4. The molecule has 0 radical (unpaired) electrons. The van der Waals surface area contributed by atoms with Crippen LogP contribution < -0.4 is 0 Å². The molecule has 96 valence electrons. The zero-order chi connectivity index (χ0) is 12.3. The maximum absolute atomic E-state index is 4.66. The second-order valence-corrected chi connectivity index (χ2v) is 6.29. The summed E-state index contributed by atoms with van der Waals surface area (Å²) < 4.78 is 2.09. The number of aromatic nitrogens is 2. The van der Waals surface area contributed by atoms with Gasteiger partial charge in [0.15, 0.2) is 0 Å². The quantitative estimate of drug-likeness (QED) is 0.796. The zero-order valence-electron chi connectivity index (χ0n) is 10.8. The van der Waals surface area contributed by atoms with E-state index in [4.69, 9.17) is 0 Å². The number of alkyl halides is 1. The van der Waals surface area contributed by atoms with Gasteiger partial charge in [-0.3, -0.25) is 9.58 Å². The lowest BCUT2D eigenvalue weighted by Crippen LogP contribution is -2.33. The minimum atomic E-state index is 0.511. The summed E-state index contributed by atoms with van der Waals surface area (Å²) in [7, 11) is 0. The van der Waals surface area contributed by atoms with Gasteiger partial charge in [0.05, 0.1) is 5.69 Å². The van der Waals surface area contributed by atoms with Crippen LogP contribution in [0.5, 0.6) is 0 Å². The van der Waals surface area contributed by atoms with Gasteiger partial charge in [0.25, 0.3) is 0 Å². The molecule has 1 aliphatic rings. The van der Waals surface area contributed by atoms with Gasteiger partial charge in [0, 0.05) is 23.6 Å². The SMILES string of the molecule is CCC(C)n1ccc(CN2CCC(Br)CC2)n1. The van der Waals surface area contributed by atoms with E-state index in [9.17, 15) is 0 Å². The van der Waals surface area contributed by atoms with E-state index in [-0.39, 0.29) is 0 Å². The number of hydrogen-bond donors (Lipinski definition) is 0. The first kappa shape index (κ1) is 13.1. The first-order valence-electron chi connectivity index (χ1n) is 6.59. The molecule has 1 atom stereocenters. The Morgan fingerprint density at radius 2 is 2.18 bits per heavy atom. The lowest BCUT2D eigenvalue weighted by Gasteiger charge is -2.28. The van der Waals surface area contributed by atoms with Gasteiger partial charge in [0.2, 0.25) is 0 Å². The molecule has 1 aromatic rings. The summed E-state index contributed by atoms with van der Waals surface area (Å²) in [6, 6.07) is 2.67. The van der Waals surface area contributed by atoms with Crippen molar-refractivity contribution in [1.29, 1.82) is 0 Å². The van der Waals surface area contributed by atoms with Crippen molar-refractivity contribution in [3.63, 3.8) is 0 Å². The summed E-state index contributed by atoms with van der Waals surface area (Å²) in [5, 5.41) is 4.66. The molecule has 0 N–H and O–H groups in total. The van der Waals surface area contributed by atoms with Crippen molar-refractivity contribution in [2.24, 2.45) is 0 Å². The summed E-state index contributed by atoms with van der Waals surface area (Å²) >= 11 is 3.69. The average molecular weight is 300 g/mol. The second-order valence-electron chi connectivity index (χ2n) is 5.00. The van der Waals surface area contributed by atoms with E-state index in [1.807, 2.05) is 0 Å². The Hall–Kier alpha value is -0.350. The molecule has 0 aromatic carbocycles. The predicted molar refractivity (Wildman–Crippen MR) is 74.5 cm³/mol. The third kappa shape index (κ3) is 3.55. The summed E-state index contributed by atoms with van der Waals surface area (Å²) in [5.41, 5.74) is 1.21. The van der Waals surface area contributed by atoms with Gasteiger partial charge >= 0.3 is 0 Å². The molecule has 0 bridgehead atoms. The smallest absolute Gasteiger partial charge is 0.0764 e. The van der Waals surface area contributed by atoms with Crippen molar-refractivity contribution in [3.8, 4) is 0 Å². The van der Waals surface area contributed by atoms with Crippen LogP contribution in [0.2, 0.25) is 0 Å². The molecular weight excluding hydrogens is 278 g/mol. The lowest BCUT2D eigenvalue weighted by atomic mass is 10.1. The van der Waals surface area contributed by atoms with E-state index in [1.165, 1.54) is 31.6 Å². The van der Waals surface area contributed by atoms with Gasteiger partial charge in [-0.05, 0) is 45.3 Å². The van der Waals surface area contributed by atoms with Crippen molar-refractivity contribution >= 4 is 15.9 Å². The van der Waals surface area contributed by atoms with Crippen LogP contribution in [0.15, 0.2) is 12.3 Å². The number of nitrogens with zero attached hydrogens (tertiary/aromatic N) is 3. The summed E-state index contributed by atoms with van der Waals surface area (Å²) in [6.07, 6.45) is 5.76. The molecule has 3 nitrogen and oxygen atoms in total. The molecule has 2 heterocycles. The van der Waals surface area contributed by atoms with Gasteiger partial charge in [-0.2, -0.15) is 5.10 Å². The minimum absolute atomic E-state index is 0.511. The third-order valence-electron chi connectivity index (χ3n) is 3.61. The largest absolute Gasteiger partial charge is 0.297 e. The molecule has 0 spiro atoms. The average Bonchev–Trinajstić information content (AvgIpc) is 2.80. The highest BCUT2D eigenvalue weighted by Gasteiger charge is 2.17. The molecule has 0 amide bonds. The molecule has 0 aliphatic carbocycles. The number of piperidine rings is 1. The van der Waals surface area contributed by atoms with E-state index < -0.39 is 0 Å². The van der Waals surface area contributed by atoms with E-state index in [0.717, 1.165) is 17.8 Å². The molecule has 0 saturated carbocycles. The van der Waals surface area contributed by atoms with Crippen LogP contribution in [0.1, 0.15) is 44.8 Å². The van der Waals surface area contributed by atoms with Gasteiger partial charge in [-0.1, -0.05) is 22.9 Å². The Bertz CT molecular complexity index is 342. The van der Waals surface area contributed by atoms with E-state index in [1.54, 1.807) is 0 Å². The maximum Gasteiger partial charge on any atom is 0.0764 e. The van der Waals surface area contributed by atoms with Crippen molar-refractivity contribution in [1.82, 2.24) is 14.7 Å². The van der Waals surface area contributed by atoms with Crippen LogP contribution in [0.3, 0.4) is 0 Å². The van der Waals surface area contributed by atoms with E-state index >= 15 is 0 Å². The van der Waals surface area contributed by atoms with Gasteiger partial charge in [0.1, 0.15) is 0 Å². The zero-order valence-corrected chi connectivity index (χ0v) is 12.4. The second kappa shape index (κ2) is 6.01. The van der Waals surface area contributed by atoms with Crippen LogP contribution in [0.25, 0.3) is 0 Å². The maximum atomic E-state index is 4.66. The van der Waals surface area contributed by atoms with Crippen LogP contribution >= 0.6 is 15.9 Å². The third-order valence-corrected chi connectivity index (χ3v) is 4.52. The van der Waals surface area contributed by atoms with Crippen LogP contribution in [-0.2, 0) is 6.54 Å². The van der Waals surface area contributed by atoms with E-state index in [0.29, 0.717) is 6.04 Å². The summed E-state index contributed by atoms with van der Waals surface area (Å²) in [4.78, 5) is 3.22. The fourth-order valence-electron chi connectivity index (χ4n) is 2.18. The molecular formula is C13H22BrN3. The topological polar surface area (TPSA) is 21.1 Å². The Morgan fingerprint density at radius 1 is 1.47 bits per heavy atom. The molecule has 2 rings (SSSR count). The van der Waals surface area contributed by atoms with Gasteiger partial charge in [-0.15, -0.1) is 0 Å². The predicted octanol–water partition coefficient (Wildman–Crippen LogP) is 3.21. The molecule has 1 aromatic heterocycles. The molecule has 1 aliphatic heterocycles. The van der Waals surface area contributed by atoms with Crippen LogP contribution in [-0.4, -0.2) is 32.6 Å². The number of likely N-dealkylation sites (tertiary alicyclic amines) is 1. The highest BCUT2D eigenvalue weighted by molar-refractivity contribution is 9.09. The Labute approximate surface area is 112 Å². The first-order valence-corrected chi connectivity index (χ1v) is 7.51. The fourth-order valence-corrected chi connectivity index (χ4v) is 2.59. The lowest BCUT2D eigenvalue weighted by molar-refractivity contribution is 0.222. The van der Waals surface area contributed by atoms with Gasteiger partial charge < -0.3 is 0 Å². The van der Waals surface area contributed by atoms with Crippen LogP contribution in [0, 0.1) is 0 Å². The highest BCUT2D eigenvalue weighted by Crippen LogP contribution is 2.19. The minimum Gasteiger partial charge on any atom is -0.297 e. The molecule has 1 fully saturated rings. The molecule has 1 unspecified atom stereocenters. The molecule has 17 heavy (non-hydrogen) atoms. The van der Waals surface area contributed by atoms with Gasteiger partial charge in [-0.25, -0.2) is 0 Å². The van der Waals surface area contributed by atoms with Crippen molar-refractivity contribution < 1.29 is 0 Å². The normalized spacial score (nSPS) is 20.6. The Kier molecular flexibility index (Phi) is 4.62.